The third-order valence-electron chi connectivity index (χ3n) is 2.91. The molecule has 0 fully saturated rings. The fourth-order valence-corrected chi connectivity index (χ4v) is 2.13. The zero-order valence-electron chi connectivity index (χ0n) is 10.8. The van der Waals surface area contributed by atoms with E-state index in [1.165, 1.54) is 11.0 Å². The van der Waals surface area contributed by atoms with Gasteiger partial charge in [-0.15, -0.1) is 0 Å². The van der Waals surface area contributed by atoms with E-state index in [0.717, 1.165) is 24.3 Å². The Morgan fingerprint density at radius 3 is 2.83 bits per heavy atom. The first kappa shape index (κ1) is 14.8. The molecule has 1 atom stereocenters. The number of nitrogens with zero attached hydrogens (tertiary/aromatic N) is 1. The minimum absolute atomic E-state index is 0.00787. The smallest absolute Gasteiger partial charge is 0.257 e. The van der Waals surface area contributed by atoms with E-state index < -0.39 is 5.82 Å². The number of thioether (sulfide) groups is 1. The normalized spacial score (nSPS) is 12.2. The number of halogens is 1. The Morgan fingerprint density at radius 2 is 2.22 bits per heavy atom. The van der Waals surface area contributed by atoms with Crippen molar-refractivity contribution < 1.29 is 14.3 Å². The van der Waals surface area contributed by atoms with Gasteiger partial charge in [0.05, 0.1) is 5.56 Å². The lowest BCUT2D eigenvalue weighted by Crippen LogP contribution is -2.35. The first-order valence-electron chi connectivity index (χ1n) is 5.72. The summed E-state index contributed by atoms with van der Waals surface area (Å²) in [5.74, 6) is -0.124. The van der Waals surface area contributed by atoms with Crippen LogP contribution in [0.3, 0.4) is 0 Å². The van der Waals surface area contributed by atoms with Crippen molar-refractivity contribution in [2.45, 2.75) is 19.4 Å². The highest BCUT2D eigenvalue weighted by Crippen LogP contribution is 2.20. The molecule has 5 heteroatoms. The number of amides is 1. The van der Waals surface area contributed by atoms with Crippen LogP contribution in [-0.2, 0) is 0 Å². The van der Waals surface area contributed by atoms with Gasteiger partial charge in [0.15, 0.2) is 0 Å². The van der Waals surface area contributed by atoms with E-state index in [9.17, 15) is 14.3 Å². The molecular weight excluding hydrogens is 253 g/mol. The number of carbonyl (C=O) groups is 1. The summed E-state index contributed by atoms with van der Waals surface area (Å²) in [7, 11) is 1.66. The Kier molecular flexibility index (Phi) is 5.47. The van der Waals surface area contributed by atoms with E-state index in [-0.39, 0.29) is 23.3 Å². The number of phenolic OH excluding ortho intramolecular Hbond substituents is 1. The van der Waals surface area contributed by atoms with Gasteiger partial charge >= 0.3 is 0 Å². The molecule has 0 bridgehead atoms. The fraction of sp³-hybridized carbons (Fsp3) is 0.462. The van der Waals surface area contributed by atoms with Crippen LogP contribution in [0.25, 0.3) is 0 Å². The fourth-order valence-electron chi connectivity index (χ4n) is 1.55. The van der Waals surface area contributed by atoms with E-state index in [2.05, 4.69) is 0 Å². The van der Waals surface area contributed by atoms with E-state index in [4.69, 9.17) is 0 Å². The highest BCUT2D eigenvalue weighted by Gasteiger charge is 2.20. The molecule has 0 saturated carbocycles. The highest BCUT2D eigenvalue weighted by atomic mass is 32.2. The lowest BCUT2D eigenvalue weighted by atomic mass is 10.1. The Morgan fingerprint density at radius 1 is 1.56 bits per heavy atom. The van der Waals surface area contributed by atoms with E-state index in [1.807, 2.05) is 13.2 Å². The van der Waals surface area contributed by atoms with Gasteiger partial charge in [0.2, 0.25) is 0 Å². The van der Waals surface area contributed by atoms with Crippen LogP contribution >= 0.6 is 11.8 Å². The molecule has 1 aromatic carbocycles. The van der Waals surface area contributed by atoms with E-state index in [1.54, 1.807) is 18.8 Å². The van der Waals surface area contributed by atoms with Crippen molar-refractivity contribution in [1.82, 2.24) is 4.90 Å². The lowest BCUT2D eigenvalue weighted by molar-refractivity contribution is 0.0738. The van der Waals surface area contributed by atoms with Crippen molar-refractivity contribution in [2.75, 3.05) is 19.1 Å². The van der Waals surface area contributed by atoms with Crippen LogP contribution in [0, 0.1) is 5.82 Å². The molecule has 100 valence electrons. The topological polar surface area (TPSA) is 40.5 Å². The molecule has 1 N–H and O–H groups in total. The second-order valence-electron chi connectivity index (χ2n) is 4.21. The highest BCUT2D eigenvalue weighted by molar-refractivity contribution is 7.98. The van der Waals surface area contributed by atoms with Gasteiger partial charge in [-0.1, -0.05) is 0 Å². The van der Waals surface area contributed by atoms with Gasteiger partial charge in [0.25, 0.3) is 5.91 Å². The molecule has 0 aromatic heterocycles. The summed E-state index contributed by atoms with van der Waals surface area (Å²) >= 11 is 1.71. The number of aromatic hydroxyl groups is 1. The van der Waals surface area contributed by atoms with Gasteiger partial charge in [-0.05, 0) is 43.6 Å². The Balaban J connectivity index is 2.82. The number of phenols is 1. The quantitative estimate of drug-likeness (QED) is 0.895. The van der Waals surface area contributed by atoms with Gasteiger partial charge in [-0.2, -0.15) is 11.8 Å². The second-order valence-corrected chi connectivity index (χ2v) is 5.19. The molecule has 1 rings (SSSR count). The number of rotatable bonds is 5. The first-order chi connectivity index (χ1) is 8.47. The molecule has 3 nitrogen and oxygen atoms in total. The van der Waals surface area contributed by atoms with Crippen molar-refractivity contribution >= 4 is 17.7 Å². The summed E-state index contributed by atoms with van der Waals surface area (Å²) in [5.41, 5.74) is 0.00787. The number of carbonyl (C=O) groups excluding carboxylic acids is 1. The molecule has 0 radical (unpaired) electrons. The van der Waals surface area contributed by atoms with Crippen molar-refractivity contribution in [3.63, 3.8) is 0 Å². The summed E-state index contributed by atoms with van der Waals surface area (Å²) in [5, 5.41) is 9.59. The molecule has 1 aromatic rings. The maximum absolute atomic E-state index is 13.1. The second kappa shape index (κ2) is 6.64. The molecule has 18 heavy (non-hydrogen) atoms. The molecule has 0 aliphatic carbocycles. The molecular formula is C13H18FNO2S. The maximum Gasteiger partial charge on any atom is 0.257 e. The average Bonchev–Trinajstić information content (AvgIpc) is 2.37. The van der Waals surface area contributed by atoms with Crippen LogP contribution in [-0.4, -0.2) is 41.0 Å². The lowest BCUT2D eigenvalue weighted by Gasteiger charge is -2.25. The molecule has 0 aliphatic rings. The van der Waals surface area contributed by atoms with Crippen LogP contribution in [0.4, 0.5) is 4.39 Å². The Bertz CT molecular complexity index is 425. The van der Waals surface area contributed by atoms with Crippen molar-refractivity contribution in [3.8, 4) is 5.75 Å². The molecule has 0 aliphatic heterocycles. The van der Waals surface area contributed by atoms with Crippen LogP contribution in [0.2, 0.25) is 0 Å². The van der Waals surface area contributed by atoms with Crippen molar-refractivity contribution in [2.24, 2.45) is 0 Å². The van der Waals surface area contributed by atoms with Crippen LogP contribution in [0.1, 0.15) is 23.7 Å². The van der Waals surface area contributed by atoms with Crippen molar-refractivity contribution in [1.29, 1.82) is 0 Å². The standard InChI is InChI=1S/C13H18FNO2S/c1-9(6-7-18-3)15(2)13(17)11-8-10(14)4-5-12(11)16/h4-5,8-9,16H,6-7H2,1-3H3. The molecule has 0 heterocycles. The summed E-state index contributed by atoms with van der Waals surface area (Å²) < 4.78 is 13.1. The predicted octanol–water partition coefficient (Wildman–Crippen LogP) is 2.74. The van der Waals surface area contributed by atoms with Crippen molar-refractivity contribution in [3.05, 3.63) is 29.6 Å². The number of benzene rings is 1. The average molecular weight is 271 g/mol. The summed E-state index contributed by atoms with van der Waals surface area (Å²) in [6.07, 6.45) is 2.87. The van der Waals surface area contributed by atoms with E-state index >= 15 is 0 Å². The number of hydrogen-bond donors (Lipinski definition) is 1. The summed E-state index contributed by atoms with van der Waals surface area (Å²) in [4.78, 5) is 13.6. The van der Waals surface area contributed by atoms with Gasteiger partial charge in [0.1, 0.15) is 11.6 Å². The van der Waals surface area contributed by atoms with Crippen LogP contribution in [0.15, 0.2) is 18.2 Å². The summed E-state index contributed by atoms with van der Waals surface area (Å²) in [6.45, 7) is 1.93. The van der Waals surface area contributed by atoms with Gasteiger partial charge in [-0.3, -0.25) is 4.79 Å². The molecule has 1 amide bonds. The minimum Gasteiger partial charge on any atom is -0.507 e. The molecule has 0 spiro atoms. The third-order valence-corrected chi connectivity index (χ3v) is 3.55. The minimum atomic E-state index is -0.527. The van der Waals surface area contributed by atoms with E-state index in [0.29, 0.717) is 0 Å². The van der Waals surface area contributed by atoms with Gasteiger partial charge in [0, 0.05) is 13.1 Å². The van der Waals surface area contributed by atoms with Gasteiger partial charge < -0.3 is 10.0 Å². The van der Waals surface area contributed by atoms with Gasteiger partial charge in [-0.25, -0.2) is 4.39 Å². The Labute approximate surface area is 111 Å². The first-order valence-corrected chi connectivity index (χ1v) is 7.11. The maximum atomic E-state index is 13.1. The molecule has 0 saturated heterocycles. The largest absolute Gasteiger partial charge is 0.507 e. The SMILES string of the molecule is CSCCC(C)N(C)C(=O)c1cc(F)ccc1O. The monoisotopic (exact) mass is 271 g/mol. The zero-order chi connectivity index (χ0) is 13.7. The Hall–Kier alpha value is -1.23. The van der Waals surface area contributed by atoms with Crippen LogP contribution in [0.5, 0.6) is 5.75 Å². The van der Waals surface area contributed by atoms with Crippen LogP contribution < -0.4 is 0 Å². The third kappa shape index (κ3) is 3.63. The number of hydrogen-bond acceptors (Lipinski definition) is 3. The predicted molar refractivity (Wildman–Crippen MR) is 72.6 cm³/mol. The summed E-state index contributed by atoms with van der Waals surface area (Å²) in [6, 6.07) is 3.44. The zero-order valence-corrected chi connectivity index (χ0v) is 11.6. The molecule has 1 unspecified atom stereocenters.